The summed E-state index contributed by atoms with van der Waals surface area (Å²) in [6.45, 7) is 5.04. The van der Waals surface area contributed by atoms with Gasteiger partial charge in [0.05, 0.1) is 46.2 Å². The number of aliphatic hydroxyl groups is 3. The van der Waals surface area contributed by atoms with Crippen molar-refractivity contribution in [2.45, 2.75) is 0 Å². The van der Waals surface area contributed by atoms with Crippen molar-refractivity contribution in [1.29, 1.82) is 0 Å². The van der Waals surface area contributed by atoms with Gasteiger partial charge in [-0.15, -0.1) is 6.58 Å². The summed E-state index contributed by atoms with van der Waals surface area (Å²) in [5.74, 6) is 0. The van der Waals surface area contributed by atoms with Crippen molar-refractivity contribution in [1.82, 2.24) is 0 Å². The van der Waals surface area contributed by atoms with Crippen molar-refractivity contribution < 1.29 is 24.8 Å². The molecule has 0 heterocycles. The van der Waals surface area contributed by atoms with Gasteiger partial charge in [0.2, 0.25) is 0 Å². The Morgan fingerprint density at radius 1 is 0.857 bits per heavy atom. The van der Waals surface area contributed by atoms with Crippen molar-refractivity contribution in [2.24, 2.45) is 0 Å². The maximum Gasteiger partial charge on any atom is 0.0701 e. The van der Waals surface area contributed by atoms with Gasteiger partial charge >= 0.3 is 0 Å². The predicted octanol–water partition coefficient (Wildman–Crippen LogP) is -0.831. The minimum absolute atomic E-state index is 0.0417. The molecule has 0 radical (unpaired) electrons. The van der Waals surface area contributed by atoms with Gasteiger partial charge in [0.15, 0.2) is 0 Å². The molecule has 86 valence electrons. The van der Waals surface area contributed by atoms with Crippen LogP contribution in [0.4, 0.5) is 0 Å². The second-order valence-electron chi connectivity index (χ2n) is 2.14. The van der Waals surface area contributed by atoms with Crippen LogP contribution in [-0.4, -0.2) is 61.6 Å². The standard InChI is InChI=1S/C6H14O4.C3H6O/c7-1-3-9-5-6-10-4-2-8;1-2-3-4/h7-8H,1-6H2;2,4H,1,3H2. The molecule has 0 atom stereocenters. The lowest BCUT2D eigenvalue weighted by Gasteiger charge is -2.01. The van der Waals surface area contributed by atoms with Crippen molar-refractivity contribution >= 4 is 0 Å². The molecule has 0 aliphatic heterocycles. The molecule has 3 N–H and O–H groups in total. The van der Waals surface area contributed by atoms with Crippen LogP contribution in [0.1, 0.15) is 0 Å². The Kier molecular flexibility index (Phi) is 21.0. The molecule has 0 aliphatic rings. The van der Waals surface area contributed by atoms with Crippen LogP contribution in [-0.2, 0) is 9.47 Å². The zero-order chi connectivity index (χ0) is 11.1. The monoisotopic (exact) mass is 208 g/mol. The molecule has 5 heteroatoms. The number of rotatable bonds is 8. The van der Waals surface area contributed by atoms with Gasteiger partial charge in [-0.1, -0.05) is 6.08 Å². The predicted molar refractivity (Wildman–Crippen MR) is 53.1 cm³/mol. The molecule has 0 aliphatic carbocycles. The topological polar surface area (TPSA) is 79.2 Å². The molecule has 0 rings (SSSR count). The minimum atomic E-state index is 0.0417. The first kappa shape index (κ1) is 16.0. The second-order valence-corrected chi connectivity index (χ2v) is 2.14. The number of hydrogen-bond donors (Lipinski definition) is 3. The Morgan fingerprint density at radius 2 is 1.21 bits per heavy atom. The Hall–Kier alpha value is -0.460. The molecule has 5 nitrogen and oxygen atoms in total. The molecular formula is C9H20O5. The van der Waals surface area contributed by atoms with Crippen LogP contribution in [0.2, 0.25) is 0 Å². The number of aliphatic hydroxyl groups excluding tert-OH is 3. The lowest BCUT2D eigenvalue weighted by Crippen LogP contribution is -2.09. The summed E-state index contributed by atoms with van der Waals surface area (Å²) in [4.78, 5) is 0. The first-order valence-corrected chi connectivity index (χ1v) is 4.42. The maximum atomic E-state index is 8.26. The highest BCUT2D eigenvalue weighted by molar-refractivity contribution is 4.60. The summed E-state index contributed by atoms with van der Waals surface area (Å²) < 4.78 is 9.75. The van der Waals surface area contributed by atoms with E-state index in [1.807, 2.05) is 0 Å². The number of hydrogen-bond acceptors (Lipinski definition) is 5. The van der Waals surface area contributed by atoms with Crippen molar-refractivity contribution in [2.75, 3.05) is 46.2 Å². The third-order valence-corrected chi connectivity index (χ3v) is 0.972. The summed E-state index contributed by atoms with van der Waals surface area (Å²) in [6.07, 6.45) is 1.43. The van der Waals surface area contributed by atoms with Crippen LogP contribution < -0.4 is 0 Å². The number of ether oxygens (including phenoxy) is 2. The van der Waals surface area contributed by atoms with Crippen molar-refractivity contribution in [3.05, 3.63) is 12.7 Å². The molecule has 0 spiro atoms. The van der Waals surface area contributed by atoms with Gasteiger partial charge in [-0.3, -0.25) is 0 Å². The summed E-state index contributed by atoms with van der Waals surface area (Å²) in [7, 11) is 0. The van der Waals surface area contributed by atoms with E-state index in [0.29, 0.717) is 26.4 Å². The van der Waals surface area contributed by atoms with Gasteiger partial charge in [-0.2, -0.15) is 0 Å². The largest absolute Gasteiger partial charge is 0.394 e. The molecule has 0 amide bonds. The average molecular weight is 208 g/mol. The zero-order valence-corrected chi connectivity index (χ0v) is 8.39. The van der Waals surface area contributed by atoms with Crippen LogP contribution in [0.25, 0.3) is 0 Å². The molecule has 0 bridgehead atoms. The van der Waals surface area contributed by atoms with Gasteiger partial charge in [-0.25, -0.2) is 0 Å². The van der Waals surface area contributed by atoms with Crippen LogP contribution in [0, 0.1) is 0 Å². The first-order valence-electron chi connectivity index (χ1n) is 4.42. The molecule has 0 saturated carbocycles. The maximum absolute atomic E-state index is 8.26. The minimum Gasteiger partial charge on any atom is -0.394 e. The first-order chi connectivity index (χ1) is 6.83. The van der Waals surface area contributed by atoms with E-state index in [2.05, 4.69) is 6.58 Å². The van der Waals surface area contributed by atoms with E-state index in [1.54, 1.807) is 0 Å². The van der Waals surface area contributed by atoms with E-state index >= 15 is 0 Å². The lowest BCUT2D eigenvalue weighted by atomic mass is 10.7. The summed E-state index contributed by atoms with van der Waals surface area (Å²) in [5, 5.41) is 24.3. The molecule has 14 heavy (non-hydrogen) atoms. The van der Waals surface area contributed by atoms with Crippen LogP contribution >= 0.6 is 0 Å². The highest BCUT2D eigenvalue weighted by Gasteiger charge is 1.86. The Balaban J connectivity index is 0. The lowest BCUT2D eigenvalue weighted by molar-refractivity contribution is 0.0222. The van der Waals surface area contributed by atoms with E-state index in [1.165, 1.54) is 6.08 Å². The van der Waals surface area contributed by atoms with Gasteiger partial charge in [0.1, 0.15) is 0 Å². The molecule has 0 aromatic carbocycles. The fourth-order valence-corrected chi connectivity index (χ4v) is 0.451. The summed E-state index contributed by atoms with van der Waals surface area (Å²) >= 11 is 0. The zero-order valence-electron chi connectivity index (χ0n) is 8.39. The third-order valence-electron chi connectivity index (χ3n) is 0.972. The van der Waals surface area contributed by atoms with Crippen LogP contribution in [0.5, 0.6) is 0 Å². The molecule has 0 fully saturated rings. The van der Waals surface area contributed by atoms with Crippen molar-refractivity contribution in [3.63, 3.8) is 0 Å². The third kappa shape index (κ3) is 22.5. The molecule has 0 aromatic heterocycles. The van der Waals surface area contributed by atoms with Gasteiger partial charge in [0.25, 0.3) is 0 Å². The Bertz CT molecular complexity index is 89.2. The van der Waals surface area contributed by atoms with E-state index < -0.39 is 0 Å². The molecule has 0 unspecified atom stereocenters. The summed E-state index contributed by atoms with van der Waals surface area (Å²) in [5.41, 5.74) is 0. The van der Waals surface area contributed by atoms with E-state index in [0.717, 1.165) is 0 Å². The molecule has 0 aromatic rings. The quantitative estimate of drug-likeness (QED) is 0.358. The Morgan fingerprint density at radius 3 is 1.43 bits per heavy atom. The summed E-state index contributed by atoms with van der Waals surface area (Å²) in [6, 6.07) is 0. The van der Waals surface area contributed by atoms with E-state index in [9.17, 15) is 0 Å². The highest BCUT2D eigenvalue weighted by atomic mass is 16.5. The van der Waals surface area contributed by atoms with Crippen molar-refractivity contribution in [3.8, 4) is 0 Å². The molecule has 0 saturated heterocycles. The smallest absolute Gasteiger partial charge is 0.0701 e. The highest BCUT2D eigenvalue weighted by Crippen LogP contribution is 1.76. The fourth-order valence-electron chi connectivity index (χ4n) is 0.451. The van der Waals surface area contributed by atoms with Crippen LogP contribution in [0.15, 0.2) is 12.7 Å². The fraction of sp³-hybridized carbons (Fsp3) is 0.778. The van der Waals surface area contributed by atoms with Gasteiger partial charge in [0, 0.05) is 0 Å². The van der Waals surface area contributed by atoms with E-state index in [-0.39, 0.29) is 19.8 Å². The second kappa shape index (κ2) is 18.3. The molecular weight excluding hydrogens is 188 g/mol. The van der Waals surface area contributed by atoms with Gasteiger partial charge in [-0.05, 0) is 0 Å². The normalized spacial score (nSPS) is 9.07. The SMILES string of the molecule is C=CCO.OCCOCCOCCO. The van der Waals surface area contributed by atoms with Crippen LogP contribution in [0.3, 0.4) is 0 Å². The average Bonchev–Trinajstić information content (AvgIpc) is 2.24. The van der Waals surface area contributed by atoms with E-state index in [4.69, 9.17) is 24.8 Å². The Labute approximate surface area is 84.6 Å². The van der Waals surface area contributed by atoms with Gasteiger partial charge < -0.3 is 24.8 Å².